The second-order valence-corrected chi connectivity index (χ2v) is 7.19. The molecule has 0 saturated heterocycles. The van der Waals surface area contributed by atoms with E-state index < -0.39 is 37.5 Å². The first-order chi connectivity index (χ1) is 18.3. The van der Waals surface area contributed by atoms with Gasteiger partial charge in [-0.1, -0.05) is 12.1 Å². The van der Waals surface area contributed by atoms with Gasteiger partial charge >= 0.3 is 23.9 Å². The van der Waals surface area contributed by atoms with Crippen LogP contribution in [0.15, 0.2) is 60.7 Å². The third kappa shape index (κ3) is 8.94. The normalized spacial score (nSPS) is 10.1. The van der Waals surface area contributed by atoms with Crippen molar-refractivity contribution in [3.63, 3.8) is 0 Å². The van der Waals surface area contributed by atoms with Crippen LogP contribution in [0.1, 0.15) is 41.4 Å². The lowest BCUT2D eigenvalue weighted by Gasteiger charge is -2.06. The Kier molecular flexibility index (Phi) is 12.3. The van der Waals surface area contributed by atoms with Gasteiger partial charge in [-0.25, -0.2) is 19.2 Å². The summed E-state index contributed by atoms with van der Waals surface area (Å²) in [5, 5.41) is 35.6. The van der Waals surface area contributed by atoms with Crippen molar-refractivity contribution in [1.29, 1.82) is 0 Å². The average Bonchev–Trinajstić information content (AvgIpc) is 2.94. The first kappa shape index (κ1) is 29.9. The zero-order chi connectivity index (χ0) is 27.9. The predicted octanol–water partition coefficient (Wildman–Crippen LogP) is 1.04. The summed E-state index contributed by atoms with van der Waals surface area (Å²) in [6.45, 7) is -1.95. The van der Waals surface area contributed by atoms with E-state index in [4.69, 9.17) is 29.9 Å². The maximum Gasteiger partial charge on any atom is 0.340 e. The Morgan fingerprint density at radius 3 is 1.11 bits per heavy atom. The van der Waals surface area contributed by atoms with Crippen molar-refractivity contribution in [1.82, 2.24) is 0 Å². The molecule has 0 amide bonds. The van der Waals surface area contributed by atoms with Crippen LogP contribution < -0.4 is 0 Å². The van der Waals surface area contributed by atoms with Gasteiger partial charge in [0.05, 0.1) is 35.5 Å². The third-order valence-electron chi connectivity index (χ3n) is 4.71. The van der Waals surface area contributed by atoms with Crippen LogP contribution >= 0.6 is 0 Å². The molecule has 0 saturated carbocycles. The van der Waals surface area contributed by atoms with Crippen molar-refractivity contribution in [3.8, 4) is 0 Å². The highest BCUT2D eigenvalue weighted by molar-refractivity contribution is 5.99. The Balaban J connectivity index is 0.000000281. The lowest BCUT2D eigenvalue weighted by molar-refractivity contribution is 0.00523. The van der Waals surface area contributed by atoms with Gasteiger partial charge in [0.25, 0.3) is 0 Å². The van der Waals surface area contributed by atoms with Gasteiger partial charge in [-0.2, -0.15) is 0 Å². The van der Waals surface area contributed by atoms with Gasteiger partial charge in [0.15, 0.2) is 13.6 Å². The van der Waals surface area contributed by atoms with Crippen molar-refractivity contribution < 1.29 is 58.6 Å². The van der Waals surface area contributed by atoms with Gasteiger partial charge in [0.2, 0.25) is 0 Å². The minimum Gasteiger partial charge on any atom is -0.460 e. The van der Waals surface area contributed by atoms with Crippen LogP contribution in [-0.4, -0.2) is 84.3 Å². The first-order valence-electron chi connectivity index (χ1n) is 11.1. The molecule has 3 aromatic carbocycles. The Hall–Kier alpha value is -4.36. The molecule has 0 aliphatic rings. The molecular formula is C26H26O12. The summed E-state index contributed by atoms with van der Waals surface area (Å²) in [5.74, 6) is -2.40. The number of esters is 4. The lowest BCUT2D eigenvalue weighted by atomic mass is 10.0. The first-order valence-corrected chi connectivity index (χ1v) is 11.1. The summed E-state index contributed by atoms with van der Waals surface area (Å²) >= 11 is 0. The second kappa shape index (κ2) is 15.7. The zero-order valence-electron chi connectivity index (χ0n) is 20.1. The predicted molar refractivity (Wildman–Crippen MR) is 130 cm³/mol. The van der Waals surface area contributed by atoms with Gasteiger partial charge in [-0.15, -0.1) is 0 Å². The largest absolute Gasteiger partial charge is 0.460 e. The van der Waals surface area contributed by atoms with Gasteiger partial charge in [0.1, 0.15) is 13.2 Å². The van der Waals surface area contributed by atoms with Gasteiger partial charge in [0, 0.05) is 0 Å². The van der Waals surface area contributed by atoms with Crippen molar-refractivity contribution >= 4 is 34.6 Å². The number of aliphatic hydroxyl groups is 4. The van der Waals surface area contributed by atoms with Crippen molar-refractivity contribution in [2.75, 3.05) is 40.0 Å². The van der Waals surface area contributed by atoms with Gasteiger partial charge in [-0.3, -0.25) is 0 Å². The molecule has 3 rings (SSSR count). The topological polar surface area (TPSA) is 186 Å². The average molecular weight is 530 g/mol. The zero-order valence-corrected chi connectivity index (χ0v) is 20.1. The molecule has 0 fully saturated rings. The molecule has 0 aliphatic carbocycles. The van der Waals surface area contributed by atoms with E-state index >= 15 is 0 Å². The molecule has 0 unspecified atom stereocenters. The standard InChI is InChI=1S/C16H16O6.C10H10O6/c17-5-7-21-15(19)13-3-1-11-9-14(4-2-12(11)10-13)16(20)22-8-6-18;11-5-15-9(13)7-1-2-8(4-3-7)10(14)16-6-12/h1-4,9-10,17-18H,5-8H2;1-4,11-12H,5-6H2. The highest BCUT2D eigenvalue weighted by Crippen LogP contribution is 2.19. The third-order valence-corrected chi connectivity index (χ3v) is 4.71. The molecule has 0 atom stereocenters. The van der Waals surface area contributed by atoms with E-state index in [-0.39, 0.29) is 37.6 Å². The summed E-state index contributed by atoms with van der Waals surface area (Å²) in [6.07, 6.45) is 0. The molecular weight excluding hydrogens is 504 g/mol. The summed E-state index contributed by atoms with van der Waals surface area (Å²) in [6, 6.07) is 15.3. The SMILES string of the molecule is O=C(OCCO)c1ccc2cc(C(=O)OCCO)ccc2c1.O=C(OCO)c1ccc(C(=O)OCO)cc1. The number of fused-ring (bicyclic) bond motifs is 1. The minimum atomic E-state index is -0.701. The minimum absolute atomic E-state index is 0.0491. The fourth-order valence-corrected chi connectivity index (χ4v) is 2.97. The summed E-state index contributed by atoms with van der Waals surface area (Å²) in [7, 11) is 0. The lowest BCUT2D eigenvalue weighted by Crippen LogP contribution is -2.09. The number of hydrogen-bond acceptors (Lipinski definition) is 12. The van der Waals surface area contributed by atoms with E-state index in [2.05, 4.69) is 9.47 Å². The van der Waals surface area contributed by atoms with Gasteiger partial charge < -0.3 is 39.4 Å². The van der Waals surface area contributed by atoms with Crippen molar-refractivity contribution in [2.45, 2.75) is 0 Å². The molecule has 12 nitrogen and oxygen atoms in total. The number of benzene rings is 3. The van der Waals surface area contributed by atoms with E-state index in [0.717, 1.165) is 10.8 Å². The summed E-state index contributed by atoms with van der Waals surface area (Å²) in [5.41, 5.74) is 1.15. The van der Waals surface area contributed by atoms with Crippen LogP contribution in [0, 0.1) is 0 Å². The fraction of sp³-hybridized carbons (Fsp3) is 0.231. The van der Waals surface area contributed by atoms with Crippen LogP contribution in [0.3, 0.4) is 0 Å². The molecule has 202 valence electrons. The van der Waals surface area contributed by atoms with Gasteiger partial charge in [-0.05, 0) is 59.3 Å². The number of hydrogen-bond donors (Lipinski definition) is 4. The Bertz CT molecular complexity index is 1140. The van der Waals surface area contributed by atoms with E-state index in [1.54, 1.807) is 36.4 Å². The molecule has 12 heteroatoms. The van der Waals surface area contributed by atoms with Crippen molar-refractivity contribution in [3.05, 3.63) is 82.9 Å². The molecule has 38 heavy (non-hydrogen) atoms. The number of aliphatic hydroxyl groups excluding tert-OH is 4. The Labute approximate surface area is 216 Å². The number of ether oxygens (including phenoxy) is 4. The number of carbonyl (C=O) groups excluding carboxylic acids is 4. The monoisotopic (exact) mass is 530 g/mol. The van der Waals surface area contributed by atoms with Crippen LogP contribution in [0.2, 0.25) is 0 Å². The van der Waals surface area contributed by atoms with Crippen LogP contribution in [0.25, 0.3) is 10.8 Å². The molecule has 0 bridgehead atoms. The van der Waals surface area contributed by atoms with Crippen molar-refractivity contribution in [2.24, 2.45) is 0 Å². The molecule has 4 N–H and O–H groups in total. The highest BCUT2D eigenvalue weighted by atomic mass is 16.6. The maximum absolute atomic E-state index is 11.7. The number of carbonyl (C=O) groups is 4. The van der Waals surface area contributed by atoms with Crippen LogP contribution in [0.5, 0.6) is 0 Å². The summed E-state index contributed by atoms with van der Waals surface area (Å²) in [4.78, 5) is 45.6. The fourth-order valence-electron chi connectivity index (χ4n) is 2.97. The Morgan fingerprint density at radius 1 is 0.474 bits per heavy atom. The molecule has 0 aromatic heterocycles. The number of rotatable bonds is 10. The molecule has 0 radical (unpaired) electrons. The van der Waals surface area contributed by atoms with Crippen LogP contribution in [0.4, 0.5) is 0 Å². The quantitative estimate of drug-likeness (QED) is 0.166. The summed E-state index contributed by atoms with van der Waals surface area (Å²) < 4.78 is 18.4. The smallest absolute Gasteiger partial charge is 0.340 e. The van der Waals surface area contributed by atoms with E-state index in [9.17, 15) is 19.2 Å². The van der Waals surface area contributed by atoms with E-state index in [1.807, 2.05) is 0 Å². The second-order valence-electron chi connectivity index (χ2n) is 7.19. The maximum atomic E-state index is 11.7. The van der Waals surface area contributed by atoms with Crippen LogP contribution in [-0.2, 0) is 18.9 Å². The Morgan fingerprint density at radius 2 is 0.789 bits per heavy atom. The molecule has 0 aliphatic heterocycles. The molecule has 0 spiro atoms. The molecule has 0 heterocycles. The molecule has 3 aromatic rings. The highest BCUT2D eigenvalue weighted by Gasteiger charge is 2.11. The van der Waals surface area contributed by atoms with E-state index in [1.165, 1.54) is 24.3 Å². The van der Waals surface area contributed by atoms with E-state index in [0.29, 0.717) is 11.1 Å².